The van der Waals surface area contributed by atoms with Crippen molar-refractivity contribution in [2.24, 2.45) is 5.92 Å². The number of rotatable bonds is 1. The summed E-state index contributed by atoms with van der Waals surface area (Å²) in [4.78, 5) is 15.4. The number of hydrogen-bond acceptors (Lipinski definition) is 1. The maximum atomic E-state index is 12.2. The SMILES string of the molecule is C[C@@H]1CC[C@@H](c2c[nH]c3ccc(Cl)cc23)C(=O)C1. The van der Waals surface area contributed by atoms with Crippen LogP contribution >= 0.6 is 11.6 Å². The minimum Gasteiger partial charge on any atom is -0.361 e. The fourth-order valence-corrected chi connectivity index (χ4v) is 3.10. The molecule has 1 N–H and O–H groups in total. The highest BCUT2D eigenvalue weighted by Gasteiger charge is 2.29. The van der Waals surface area contributed by atoms with Crippen molar-refractivity contribution in [3.8, 4) is 0 Å². The van der Waals surface area contributed by atoms with Gasteiger partial charge in [-0.25, -0.2) is 0 Å². The molecule has 0 bridgehead atoms. The number of carbonyl (C=O) groups excluding carboxylic acids is 1. The zero-order chi connectivity index (χ0) is 12.7. The molecule has 0 amide bonds. The molecule has 0 radical (unpaired) electrons. The van der Waals surface area contributed by atoms with Gasteiger partial charge in [0.25, 0.3) is 0 Å². The molecule has 2 aromatic rings. The van der Waals surface area contributed by atoms with E-state index in [2.05, 4.69) is 11.9 Å². The number of aromatic nitrogens is 1. The van der Waals surface area contributed by atoms with E-state index in [4.69, 9.17) is 11.6 Å². The van der Waals surface area contributed by atoms with Crippen molar-refractivity contribution in [1.29, 1.82) is 0 Å². The summed E-state index contributed by atoms with van der Waals surface area (Å²) in [6.45, 7) is 2.15. The summed E-state index contributed by atoms with van der Waals surface area (Å²) >= 11 is 6.05. The summed E-state index contributed by atoms with van der Waals surface area (Å²) in [5.41, 5.74) is 2.17. The van der Waals surface area contributed by atoms with Crippen LogP contribution in [0.4, 0.5) is 0 Å². The molecular formula is C15H16ClNO. The second-order valence-corrected chi connectivity index (χ2v) is 5.78. The van der Waals surface area contributed by atoms with Crippen LogP contribution in [0.2, 0.25) is 5.02 Å². The zero-order valence-electron chi connectivity index (χ0n) is 10.4. The number of benzene rings is 1. The average molecular weight is 262 g/mol. The van der Waals surface area contributed by atoms with Crippen molar-refractivity contribution in [3.63, 3.8) is 0 Å². The Hall–Kier alpha value is -1.28. The highest BCUT2D eigenvalue weighted by Crippen LogP contribution is 2.36. The summed E-state index contributed by atoms with van der Waals surface area (Å²) in [5, 5.41) is 1.82. The van der Waals surface area contributed by atoms with E-state index >= 15 is 0 Å². The molecule has 3 rings (SSSR count). The lowest BCUT2D eigenvalue weighted by molar-refractivity contribution is -0.122. The van der Waals surface area contributed by atoms with Crippen molar-refractivity contribution >= 4 is 28.3 Å². The lowest BCUT2D eigenvalue weighted by Crippen LogP contribution is -2.21. The Bertz CT molecular complexity index is 602. The molecule has 1 saturated carbocycles. The fraction of sp³-hybridized carbons (Fsp3) is 0.400. The Morgan fingerprint density at radius 3 is 2.94 bits per heavy atom. The van der Waals surface area contributed by atoms with Crippen LogP contribution in [0.15, 0.2) is 24.4 Å². The molecule has 94 valence electrons. The molecule has 2 atom stereocenters. The first-order chi connectivity index (χ1) is 8.65. The van der Waals surface area contributed by atoms with E-state index in [1.807, 2.05) is 24.4 Å². The number of Topliss-reactive ketones (excluding diaryl/α,β-unsaturated/α-hetero) is 1. The number of nitrogens with one attached hydrogen (secondary N) is 1. The number of ketones is 1. The molecular weight excluding hydrogens is 246 g/mol. The van der Waals surface area contributed by atoms with Gasteiger partial charge in [-0.15, -0.1) is 0 Å². The number of carbonyl (C=O) groups is 1. The van der Waals surface area contributed by atoms with Gasteiger partial charge in [0.05, 0.1) is 0 Å². The molecule has 0 saturated heterocycles. The Kier molecular flexibility index (Phi) is 2.90. The molecule has 3 heteroatoms. The standard InChI is InChI=1S/C15H16ClNO/c1-9-2-4-11(15(18)6-9)13-8-17-14-5-3-10(16)7-12(13)14/h3,5,7-9,11,17H,2,4,6H2,1H3/t9-,11+/m1/s1. The molecule has 18 heavy (non-hydrogen) atoms. The van der Waals surface area contributed by atoms with E-state index in [9.17, 15) is 4.79 Å². The predicted molar refractivity (Wildman–Crippen MR) is 74.1 cm³/mol. The Morgan fingerprint density at radius 2 is 2.17 bits per heavy atom. The molecule has 1 aliphatic carbocycles. The first-order valence-corrected chi connectivity index (χ1v) is 6.82. The Balaban J connectivity index is 2.04. The molecule has 1 aromatic heterocycles. The topological polar surface area (TPSA) is 32.9 Å². The summed E-state index contributed by atoms with van der Waals surface area (Å²) in [6, 6.07) is 5.79. The summed E-state index contributed by atoms with van der Waals surface area (Å²) < 4.78 is 0. The average Bonchev–Trinajstić information content (AvgIpc) is 2.72. The van der Waals surface area contributed by atoms with Gasteiger partial charge in [-0.1, -0.05) is 18.5 Å². The van der Waals surface area contributed by atoms with Crippen molar-refractivity contribution in [1.82, 2.24) is 4.98 Å². The highest BCUT2D eigenvalue weighted by molar-refractivity contribution is 6.31. The zero-order valence-corrected chi connectivity index (χ0v) is 11.1. The van der Waals surface area contributed by atoms with Gasteiger partial charge in [-0.05, 0) is 42.5 Å². The normalized spacial score (nSPS) is 24.7. The fourth-order valence-electron chi connectivity index (χ4n) is 2.93. The Morgan fingerprint density at radius 1 is 1.33 bits per heavy atom. The van der Waals surface area contributed by atoms with E-state index < -0.39 is 0 Å². The van der Waals surface area contributed by atoms with E-state index in [1.165, 1.54) is 0 Å². The maximum absolute atomic E-state index is 12.2. The summed E-state index contributed by atoms with van der Waals surface area (Å²) in [5.74, 6) is 0.950. The first kappa shape index (κ1) is 11.8. The molecule has 1 aliphatic rings. The van der Waals surface area contributed by atoms with Crippen LogP contribution in [0.1, 0.15) is 37.7 Å². The number of aromatic amines is 1. The van der Waals surface area contributed by atoms with E-state index in [-0.39, 0.29) is 5.92 Å². The second-order valence-electron chi connectivity index (χ2n) is 5.34. The largest absolute Gasteiger partial charge is 0.361 e. The van der Waals surface area contributed by atoms with Gasteiger partial charge in [0.1, 0.15) is 5.78 Å². The van der Waals surface area contributed by atoms with E-state index in [0.717, 1.165) is 34.3 Å². The van der Waals surface area contributed by atoms with Crippen molar-refractivity contribution in [3.05, 3.63) is 35.0 Å². The lowest BCUT2D eigenvalue weighted by atomic mass is 9.78. The summed E-state index contributed by atoms with van der Waals surface area (Å²) in [6.07, 6.45) is 4.76. The van der Waals surface area contributed by atoms with Crippen LogP contribution in [-0.2, 0) is 4.79 Å². The number of halogens is 1. The predicted octanol–water partition coefficient (Wildman–Crippen LogP) is 4.29. The number of H-pyrrole nitrogens is 1. The van der Waals surface area contributed by atoms with Crippen LogP contribution < -0.4 is 0 Å². The van der Waals surface area contributed by atoms with E-state index in [0.29, 0.717) is 18.1 Å². The van der Waals surface area contributed by atoms with Crippen LogP contribution in [0.5, 0.6) is 0 Å². The van der Waals surface area contributed by atoms with Gasteiger partial charge in [0.15, 0.2) is 0 Å². The third-order valence-corrected chi connectivity index (χ3v) is 4.17. The first-order valence-electron chi connectivity index (χ1n) is 6.44. The molecule has 2 nitrogen and oxygen atoms in total. The molecule has 1 heterocycles. The van der Waals surface area contributed by atoms with Crippen molar-refractivity contribution in [2.75, 3.05) is 0 Å². The molecule has 1 fully saturated rings. The van der Waals surface area contributed by atoms with Gasteiger partial charge >= 0.3 is 0 Å². The molecule has 1 aromatic carbocycles. The molecule has 0 aliphatic heterocycles. The van der Waals surface area contributed by atoms with Gasteiger partial charge in [-0.2, -0.15) is 0 Å². The second kappa shape index (κ2) is 4.43. The maximum Gasteiger partial charge on any atom is 0.140 e. The van der Waals surface area contributed by atoms with Crippen LogP contribution in [0, 0.1) is 5.92 Å². The quantitative estimate of drug-likeness (QED) is 0.816. The van der Waals surface area contributed by atoms with Gasteiger partial charge < -0.3 is 4.98 Å². The highest BCUT2D eigenvalue weighted by atomic mass is 35.5. The van der Waals surface area contributed by atoms with Gasteiger partial charge in [0.2, 0.25) is 0 Å². The van der Waals surface area contributed by atoms with Gasteiger partial charge in [0, 0.05) is 34.5 Å². The van der Waals surface area contributed by atoms with Crippen LogP contribution in [-0.4, -0.2) is 10.8 Å². The van der Waals surface area contributed by atoms with Crippen LogP contribution in [0.3, 0.4) is 0 Å². The third-order valence-electron chi connectivity index (χ3n) is 3.94. The smallest absolute Gasteiger partial charge is 0.140 e. The van der Waals surface area contributed by atoms with Crippen molar-refractivity contribution in [2.45, 2.75) is 32.1 Å². The van der Waals surface area contributed by atoms with Crippen LogP contribution in [0.25, 0.3) is 10.9 Å². The molecule has 0 spiro atoms. The molecule has 0 unspecified atom stereocenters. The van der Waals surface area contributed by atoms with Gasteiger partial charge in [-0.3, -0.25) is 4.79 Å². The lowest BCUT2D eigenvalue weighted by Gasteiger charge is -2.24. The van der Waals surface area contributed by atoms with Crippen molar-refractivity contribution < 1.29 is 4.79 Å². The Labute approximate surface area is 111 Å². The summed E-state index contributed by atoms with van der Waals surface area (Å²) in [7, 11) is 0. The monoisotopic (exact) mass is 261 g/mol. The number of fused-ring (bicyclic) bond motifs is 1. The minimum absolute atomic E-state index is 0.0495. The van der Waals surface area contributed by atoms with E-state index in [1.54, 1.807) is 0 Å². The number of hydrogen-bond donors (Lipinski definition) is 1. The third kappa shape index (κ3) is 1.95. The minimum atomic E-state index is 0.0495.